The van der Waals surface area contributed by atoms with Gasteiger partial charge in [-0.05, 0) is 164 Å². The highest BCUT2D eigenvalue weighted by molar-refractivity contribution is 6.26. The molecule has 5 heteroatoms. The van der Waals surface area contributed by atoms with Crippen LogP contribution in [0.2, 0.25) is 0 Å². The maximum atomic E-state index is 12.2. The Balaban J connectivity index is 0.985. The second-order valence-corrected chi connectivity index (χ2v) is 21.9. The van der Waals surface area contributed by atoms with Crippen LogP contribution in [-0.4, -0.2) is 19.6 Å². The first-order chi connectivity index (χ1) is 35.8. The van der Waals surface area contributed by atoms with Crippen LogP contribution in [0, 0.1) is 5.41 Å². The third kappa shape index (κ3) is 7.77. The van der Waals surface area contributed by atoms with Crippen LogP contribution >= 0.6 is 0 Å². The van der Waals surface area contributed by atoms with Crippen LogP contribution in [0.5, 0.6) is 5.75 Å². The van der Waals surface area contributed by atoms with Crippen LogP contribution in [0.15, 0.2) is 199 Å². The molecule has 1 saturated carbocycles. The molecule has 3 aromatic heterocycles. The number of imidazole rings is 1. The summed E-state index contributed by atoms with van der Waals surface area (Å²) in [7, 11) is 0. The first-order valence-corrected chi connectivity index (χ1v) is 25.7. The number of phenols is 1. The van der Waals surface area contributed by atoms with Gasteiger partial charge in [-0.15, -0.1) is 0 Å². The van der Waals surface area contributed by atoms with Gasteiger partial charge in [-0.2, -0.15) is 0 Å². The van der Waals surface area contributed by atoms with Crippen molar-refractivity contribution in [1.29, 1.82) is 0 Å². The fourth-order valence-electron chi connectivity index (χ4n) is 11.4. The van der Waals surface area contributed by atoms with Gasteiger partial charge in [0.25, 0.3) is 0 Å². The lowest BCUT2D eigenvalue weighted by molar-refractivity contribution is 0.224. The van der Waals surface area contributed by atoms with E-state index in [1.165, 1.54) is 5.56 Å². The molecule has 13 rings (SSSR count). The summed E-state index contributed by atoms with van der Waals surface area (Å²) in [6.07, 6.45) is 5.80. The lowest BCUT2D eigenvalue weighted by Gasteiger charge is -2.34. The first-order valence-electron chi connectivity index (χ1n) is 26.2. The Hall–Kier alpha value is -8.28. The molecule has 0 bridgehead atoms. The van der Waals surface area contributed by atoms with Crippen LogP contribution in [0.1, 0.15) is 78.7 Å². The largest absolute Gasteiger partial charge is 0.507 e. The van der Waals surface area contributed by atoms with Gasteiger partial charge in [0, 0.05) is 40.5 Å². The Morgan fingerprint density at radius 3 is 2.07 bits per heavy atom. The quantitative estimate of drug-likeness (QED) is 0.162. The summed E-state index contributed by atoms with van der Waals surface area (Å²) in [6.45, 7) is 11.4. The van der Waals surface area contributed by atoms with E-state index in [0.29, 0.717) is 22.4 Å². The van der Waals surface area contributed by atoms with Gasteiger partial charge in [-0.1, -0.05) is 156 Å². The van der Waals surface area contributed by atoms with E-state index in [9.17, 15) is 6.48 Å². The van der Waals surface area contributed by atoms with Crippen LogP contribution in [0.3, 0.4) is 0 Å². The summed E-state index contributed by atoms with van der Waals surface area (Å²) in [5.41, 5.74) is 15.4. The number of hydrogen-bond acceptors (Lipinski definition) is 4. The molecule has 3 heterocycles. The van der Waals surface area contributed by atoms with Gasteiger partial charge in [-0.3, -0.25) is 9.55 Å². The van der Waals surface area contributed by atoms with Crippen molar-refractivity contribution in [2.75, 3.05) is 0 Å². The summed E-state index contributed by atoms with van der Waals surface area (Å²) >= 11 is 0. The number of pyridine rings is 1. The number of fused-ring (bicyclic) bond motifs is 8. The third-order valence-electron chi connectivity index (χ3n) is 15.6. The summed E-state index contributed by atoms with van der Waals surface area (Å²) < 4.78 is 18.8. The molecule has 0 spiro atoms. The van der Waals surface area contributed by atoms with Crippen molar-refractivity contribution < 1.29 is 10.9 Å². The molecule has 0 radical (unpaired) electrons. The molecule has 0 aliphatic heterocycles. The maximum Gasteiger partial charge on any atom is 0.153 e. The molecule has 1 aliphatic carbocycles. The van der Waals surface area contributed by atoms with Gasteiger partial charge in [0.1, 0.15) is 22.5 Å². The second kappa shape index (κ2) is 17.2. The topological polar surface area (TPSA) is 64.1 Å². The fourth-order valence-corrected chi connectivity index (χ4v) is 11.4. The highest BCUT2D eigenvalue weighted by Crippen LogP contribution is 2.48. The van der Waals surface area contributed by atoms with E-state index in [4.69, 9.17) is 14.4 Å². The Morgan fingerprint density at radius 2 is 1.30 bits per heavy atom. The highest BCUT2D eigenvalue weighted by Gasteiger charge is 2.29. The number of para-hydroxylation sites is 2. The van der Waals surface area contributed by atoms with Crippen molar-refractivity contribution >= 4 is 54.5 Å². The molecule has 5 nitrogen and oxygen atoms in total. The van der Waals surface area contributed by atoms with Crippen molar-refractivity contribution in [3.8, 4) is 67.5 Å². The summed E-state index contributed by atoms with van der Waals surface area (Å²) in [5, 5.41) is 18.4. The summed E-state index contributed by atoms with van der Waals surface area (Å²) in [6, 6.07) is 65.9. The molecule has 1 aliphatic rings. The van der Waals surface area contributed by atoms with Crippen LogP contribution in [-0.2, 0) is 5.41 Å². The van der Waals surface area contributed by atoms with Gasteiger partial charge in [-0.25, -0.2) is 4.98 Å². The van der Waals surface area contributed by atoms with Crippen LogP contribution in [0.4, 0.5) is 0 Å². The SMILES string of the molecule is [2H]C1(c2ccc(-c3cc4ccc5c6ccc(O)c(-c7nc8c(-c9cc(-c%10cc(-c%11ccccc%11)ccn%10)cc(C(C)(C)C)c9)cccc8n7-c7ccccc7)c6oc5c4c4ccccc34)cc2)CCC(C)(C)CC1. The van der Waals surface area contributed by atoms with Crippen molar-refractivity contribution in [1.82, 2.24) is 14.5 Å². The van der Waals surface area contributed by atoms with E-state index in [1.54, 1.807) is 6.07 Å². The summed E-state index contributed by atoms with van der Waals surface area (Å²) in [5.74, 6) is 0.110. The highest BCUT2D eigenvalue weighted by atomic mass is 16.3. The van der Waals surface area contributed by atoms with Gasteiger partial charge >= 0.3 is 0 Å². The Bertz CT molecular complexity index is 4150. The number of rotatable bonds is 7. The van der Waals surface area contributed by atoms with Gasteiger partial charge < -0.3 is 9.52 Å². The van der Waals surface area contributed by atoms with E-state index < -0.39 is 5.89 Å². The van der Waals surface area contributed by atoms with Gasteiger partial charge in [0.2, 0.25) is 0 Å². The molecule has 12 aromatic rings. The molecule has 73 heavy (non-hydrogen) atoms. The zero-order chi connectivity index (χ0) is 50.5. The molecule has 1 fully saturated rings. The van der Waals surface area contributed by atoms with Gasteiger partial charge in [0.05, 0.1) is 16.7 Å². The normalized spacial score (nSPS) is 14.9. The molecule has 9 aromatic carbocycles. The van der Waals surface area contributed by atoms with Gasteiger partial charge in [0.15, 0.2) is 5.82 Å². The monoisotopic (exact) mass is 948 g/mol. The Labute approximate surface area is 427 Å². The average Bonchev–Trinajstić information content (AvgIpc) is 4.01. The number of benzene rings is 9. The minimum Gasteiger partial charge on any atom is -0.507 e. The van der Waals surface area contributed by atoms with E-state index in [0.717, 1.165) is 131 Å². The smallest absolute Gasteiger partial charge is 0.153 e. The minimum atomic E-state index is -0.552. The first kappa shape index (κ1) is 43.5. The third-order valence-corrected chi connectivity index (χ3v) is 15.6. The van der Waals surface area contributed by atoms with Crippen LogP contribution < -0.4 is 0 Å². The predicted molar refractivity (Wildman–Crippen MR) is 304 cm³/mol. The lowest BCUT2D eigenvalue weighted by Crippen LogP contribution is -2.20. The second-order valence-electron chi connectivity index (χ2n) is 21.9. The number of aromatic nitrogens is 3. The average molecular weight is 949 g/mol. The molecule has 0 unspecified atom stereocenters. The number of nitrogens with zero attached hydrogens (tertiary/aromatic N) is 3. The Morgan fingerprint density at radius 1 is 0.603 bits per heavy atom. The van der Waals surface area contributed by atoms with E-state index >= 15 is 0 Å². The zero-order valence-corrected chi connectivity index (χ0v) is 42.0. The molecule has 356 valence electrons. The molecule has 0 atom stereocenters. The zero-order valence-electron chi connectivity index (χ0n) is 43.0. The van der Waals surface area contributed by atoms with E-state index in [2.05, 4.69) is 191 Å². The molecule has 0 amide bonds. The number of furan rings is 1. The van der Waals surface area contributed by atoms with Crippen molar-refractivity contribution in [3.63, 3.8) is 0 Å². The Kier molecular flexibility index (Phi) is 10.3. The molecular formula is C68H57N3O2. The number of phenolic OH excluding ortho intramolecular Hbond substituents is 1. The molecule has 1 N–H and O–H groups in total. The number of hydrogen-bond donors (Lipinski definition) is 1. The maximum absolute atomic E-state index is 12.2. The fraction of sp³-hybridized carbons (Fsp3) is 0.176. The minimum absolute atomic E-state index is 0.0817. The van der Waals surface area contributed by atoms with Crippen molar-refractivity contribution in [3.05, 3.63) is 205 Å². The van der Waals surface area contributed by atoms with Crippen molar-refractivity contribution in [2.24, 2.45) is 5.41 Å². The molecule has 0 saturated heterocycles. The van der Waals surface area contributed by atoms with Crippen molar-refractivity contribution in [2.45, 2.75) is 71.6 Å². The standard InChI is InChI=1S/C68H57N3O2/c1-67(2,3)50-38-48(37-49(39-50)58-41-46(33-36-69-58)42-15-8-6-9-16-42)52-21-14-22-59-63(52)70-66(71(59)51-17-10-7-11-18-51)62-60(72)30-29-56-55-28-27-47-40-57(53-19-12-13-20-54(53)61(47)64(55)73-65(56)62)45-25-23-43(24-26-45)44-31-34-68(4,5)35-32-44/h6-30,33,36-41,44,72H,31-32,34-35H2,1-5H3/i44D. The lowest BCUT2D eigenvalue weighted by atomic mass is 9.71. The number of aromatic hydroxyl groups is 1. The van der Waals surface area contributed by atoms with E-state index in [-0.39, 0.29) is 11.2 Å². The van der Waals surface area contributed by atoms with Crippen LogP contribution in [0.25, 0.3) is 116 Å². The summed E-state index contributed by atoms with van der Waals surface area (Å²) in [4.78, 5) is 10.5. The van der Waals surface area contributed by atoms with E-state index in [1.807, 2.05) is 36.5 Å². The predicted octanol–water partition coefficient (Wildman–Crippen LogP) is 18.6. The molecular weight excluding hydrogens is 891 g/mol.